The standard InChI is InChI=1S/C21H21NO2/c1-13-8-11-20(19(22)12-13)24-15(3)21(23)18-10-9-14(2)16-6-4-5-7-17(16)18/h4-12,15H,22H2,1-3H3. The second-order valence-corrected chi connectivity index (χ2v) is 6.14. The number of carbonyl (C=O) groups excluding carboxylic acids is 1. The van der Waals surface area contributed by atoms with E-state index in [1.165, 1.54) is 0 Å². The van der Waals surface area contributed by atoms with Crippen LogP contribution in [0.15, 0.2) is 54.6 Å². The van der Waals surface area contributed by atoms with Gasteiger partial charge in [0.25, 0.3) is 0 Å². The molecule has 1 atom stereocenters. The SMILES string of the molecule is Cc1ccc(OC(C)C(=O)c2ccc(C)c3ccccc23)c(N)c1. The molecule has 3 rings (SSSR count). The summed E-state index contributed by atoms with van der Waals surface area (Å²) in [6.07, 6.45) is -0.610. The Morgan fingerprint density at radius 3 is 2.42 bits per heavy atom. The van der Waals surface area contributed by atoms with E-state index in [4.69, 9.17) is 10.5 Å². The molecule has 0 saturated carbocycles. The van der Waals surface area contributed by atoms with Crippen molar-refractivity contribution in [2.45, 2.75) is 26.9 Å². The first kappa shape index (κ1) is 16.1. The van der Waals surface area contributed by atoms with Crippen LogP contribution in [0.4, 0.5) is 5.69 Å². The number of aryl methyl sites for hydroxylation is 2. The van der Waals surface area contributed by atoms with Crippen molar-refractivity contribution in [2.75, 3.05) is 5.73 Å². The van der Waals surface area contributed by atoms with Gasteiger partial charge in [0.15, 0.2) is 6.10 Å². The van der Waals surface area contributed by atoms with E-state index in [0.717, 1.165) is 21.9 Å². The monoisotopic (exact) mass is 319 g/mol. The minimum absolute atomic E-state index is 0.0498. The Balaban J connectivity index is 1.93. The lowest BCUT2D eigenvalue weighted by Gasteiger charge is -2.17. The van der Waals surface area contributed by atoms with Crippen LogP contribution in [0.1, 0.15) is 28.4 Å². The molecule has 0 aliphatic heterocycles. The van der Waals surface area contributed by atoms with Gasteiger partial charge >= 0.3 is 0 Å². The second kappa shape index (κ2) is 6.36. The van der Waals surface area contributed by atoms with E-state index in [-0.39, 0.29) is 5.78 Å². The molecule has 3 nitrogen and oxygen atoms in total. The summed E-state index contributed by atoms with van der Waals surface area (Å²) in [5, 5.41) is 2.04. The summed E-state index contributed by atoms with van der Waals surface area (Å²) in [6, 6.07) is 17.4. The number of ketones is 1. The highest BCUT2D eigenvalue weighted by Gasteiger charge is 2.20. The Kier molecular flexibility index (Phi) is 4.26. The van der Waals surface area contributed by atoms with Crippen molar-refractivity contribution in [3.05, 3.63) is 71.3 Å². The van der Waals surface area contributed by atoms with Gasteiger partial charge in [0.2, 0.25) is 5.78 Å². The molecule has 0 fully saturated rings. The number of benzene rings is 3. The van der Waals surface area contributed by atoms with E-state index >= 15 is 0 Å². The van der Waals surface area contributed by atoms with Crippen molar-refractivity contribution in [3.8, 4) is 5.75 Å². The van der Waals surface area contributed by atoms with Crippen molar-refractivity contribution in [3.63, 3.8) is 0 Å². The first-order valence-corrected chi connectivity index (χ1v) is 8.02. The van der Waals surface area contributed by atoms with Gasteiger partial charge in [-0.3, -0.25) is 4.79 Å². The average molecular weight is 319 g/mol. The molecule has 3 heteroatoms. The number of Topliss-reactive ketones (excluding diaryl/α,β-unsaturated/α-hetero) is 1. The molecule has 3 aromatic rings. The van der Waals surface area contributed by atoms with Gasteiger partial charge < -0.3 is 10.5 Å². The Hall–Kier alpha value is -2.81. The lowest BCUT2D eigenvalue weighted by atomic mass is 9.96. The highest BCUT2D eigenvalue weighted by Crippen LogP contribution is 2.27. The molecule has 1 unspecified atom stereocenters. The van der Waals surface area contributed by atoms with Gasteiger partial charge in [-0.05, 0) is 54.8 Å². The summed E-state index contributed by atoms with van der Waals surface area (Å²) in [5.41, 5.74) is 9.41. The quantitative estimate of drug-likeness (QED) is 0.560. The fraction of sp³-hybridized carbons (Fsp3) is 0.190. The maximum atomic E-state index is 12.9. The van der Waals surface area contributed by atoms with Crippen LogP contribution in [0.2, 0.25) is 0 Å². The normalized spacial score (nSPS) is 12.1. The topological polar surface area (TPSA) is 52.3 Å². The molecule has 122 valence electrons. The van der Waals surface area contributed by atoms with E-state index < -0.39 is 6.10 Å². The van der Waals surface area contributed by atoms with Gasteiger partial charge in [-0.25, -0.2) is 0 Å². The van der Waals surface area contributed by atoms with Crippen LogP contribution in [0.25, 0.3) is 10.8 Å². The van der Waals surface area contributed by atoms with E-state index in [2.05, 4.69) is 0 Å². The molecule has 24 heavy (non-hydrogen) atoms. The van der Waals surface area contributed by atoms with Crippen molar-refractivity contribution >= 4 is 22.2 Å². The summed E-state index contributed by atoms with van der Waals surface area (Å²) in [7, 11) is 0. The summed E-state index contributed by atoms with van der Waals surface area (Å²) < 4.78 is 5.82. The van der Waals surface area contributed by atoms with Gasteiger partial charge in [0.1, 0.15) is 5.75 Å². The van der Waals surface area contributed by atoms with Crippen molar-refractivity contribution in [1.82, 2.24) is 0 Å². The Morgan fingerprint density at radius 1 is 1.00 bits per heavy atom. The number of hydrogen-bond acceptors (Lipinski definition) is 3. The molecule has 0 aromatic heterocycles. The highest BCUT2D eigenvalue weighted by molar-refractivity contribution is 6.10. The van der Waals surface area contributed by atoms with Crippen molar-refractivity contribution in [1.29, 1.82) is 0 Å². The summed E-state index contributed by atoms with van der Waals surface area (Å²) >= 11 is 0. The number of fused-ring (bicyclic) bond motifs is 1. The third-order valence-corrected chi connectivity index (χ3v) is 4.25. The largest absolute Gasteiger partial charge is 0.480 e. The lowest BCUT2D eigenvalue weighted by Crippen LogP contribution is -2.24. The van der Waals surface area contributed by atoms with Gasteiger partial charge in [0, 0.05) is 5.56 Å². The molecule has 0 bridgehead atoms. The van der Waals surface area contributed by atoms with Crippen LogP contribution < -0.4 is 10.5 Å². The smallest absolute Gasteiger partial charge is 0.203 e. The molecule has 0 radical (unpaired) electrons. The number of nitrogens with two attached hydrogens (primary N) is 1. The zero-order valence-corrected chi connectivity index (χ0v) is 14.2. The predicted molar refractivity (Wildman–Crippen MR) is 98.7 cm³/mol. The number of carbonyl (C=O) groups is 1. The van der Waals surface area contributed by atoms with E-state index in [1.54, 1.807) is 6.92 Å². The molecule has 0 aliphatic rings. The van der Waals surface area contributed by atoms with Crippen LogP contribution in [-0.2, 0) is 0 Å². The van der Waals surface area contributed by atoms with Gasteiger partial charge in [-0.1, -0.05) is 42.5 Å². The fourth-order valence-corrected chi connectivity index (χ4v) is 2.90. The number of hydrogen-bond donors (Lipinski definition) is 1. The van der Waals surface area contributed by atoms with Crippen LogP contribution in [0.3, 0.4) is 0 Å². The Labute approximate surface area is 142 Å². The van der Waals surface area contributed by atoms with Gasteiger partial charge in [-0.15, -0.1) is 0 Å². The molecule has 0 spiro atoms. The van der Waals surface area contributed by atoms with E-state index in [0.29, 0.717) is 17.0 Å². The minimum Gasteiger partial charge on any atom is -0.480 e. The van der Waals surface area contributed by atoms with E-state index in [1.807, 2.05) is 68.4 Å². The first-order chi connectivity index (χ1) is 11.5. The average Bonchev–Trinajstić information content (AvgIpc) is 2.57. The fourth-order valence-electron chi connectivity index (χ4n) is 2.90. The van der Waals surface area contributed by atoms with E-state index in [9.17, 15) is 4.79 Å². The molecule has 0 aliphatic carbocycles. The maximum absolute atomic E-state index is 12.9. The molecule has 3 aromatic carbocycles. The summed E-state index contributed by atoms with van der Waals surface area (Å²) in [5.74, 6) is 0.490. The Bertz CT molecular complexity index is 915. The van der Waals surface area contributed by atoms with Crippen molar-refractivity contribution in [2.24, 2.45) is 0 Å². The number of anilines is 1. The van der Waals surface area contributed by atoms with Crippen LogP contribution in [0, 0.1) is 13.8 Å². The van der Waals surface area contributed by atoms with Crippen molar-refractivity contribution < 1.29 is 9.53 Å². The lowest BCUT2D eigenvalue weighted by molar-refractivity contribution is 0.0821. The summed E-state index contributed by atoms with van der Waals surface area (Å²) in [6.45, 7) is 5.77. The number of nitrogen functional groups attached to an aromatic ring is 1. The third kappa shape index (κ3) is 2.98. The van der Waals surface area contributed by atoms with Gasteiger partial charge in [-0.2, -0.15) is 0 Å². The zero-order chi connectivity index (χ0) is 17.3. The molecule has 2 N–H and O–H groups in total. The predicted octanol–water partition coefficient (Wildman–Crippen LogP) is 4.69. The van der Waals surface area contributed by atoms with Gasteiger partial charge in [0.05, 0.1) is 5.69 Å². The number of rotatable bonds is 4. The van der Waals surface area contributed by atoms with Crippen LogP contribution in [-0.4, -0.2) is 11.9 Å². The van der Waals surface area contributed by atoms with Crippen LogP contribution in [0.5, 0.6) is 5.75 Å². The molecule has 0 amide bonds. The maximum Gasteiger partial charge on any atom is 0.203 e. The molecule has 0 heterocycles. The summed E-state index contributed by atoms with van der Waals surface area (Å²) in [4.78, 5) is 12.9. The third-order valence-electron chi connectivity index (χ3n) is 4.25. The first-order valence-electron chi connectivity index (χ1n) is 8.02. The molecular weight excluding hydrogens is 298 g/mol. The second-order valence-electron chi connectivity index (χ2n) is 6.14. The molecular formula is C21H21NO2. The minimum atomic E-state index is -0.610. The van der Waals surface area contributed by atoms with Crippen LogP contribution >= 0.6 is 0 Å². The Morgan fingerprint density at radius 2 is 1.71 bits per heavy atom. The molecule has 0 saturated heterocycles. The zero-order valence-electron chi connectivity index (χ0n) is 14.2. The highest BCUT2D eigenvalue weighted by atomic mass is 16.5. The number of ether oxygens (including phenoxy) is 1.